The Hall–Kier alpha value is -1.36. The molecule has 0 fully saturated rings. The topological polar surface area (TPSA) is 44.9 Å². The fraction of sp³-hybridized carbons (Fsp3) is 0.300. The molecule has 2 N–H and O–H groups in total. The highest BCUT2D eigenvalue weighted by atomic mass is 32.2. The summed E-state index contributed by atoms with van der Waals surface area (Å²) in [6.45, 7) is 2.98. The van der Waals surface area contributed by atoms with E-state index >= 15 is 0 Å². The number of hydrogen-bond donors (Lipinski definition) is 1. The summed E-state index contributed by atoms with van der Waals surface area (Å²) in [5.74, 6) is 0.786. The van der Waals surface area contributed by atoms with E-state index < -0.39 is 0 Å². The van der Waals surface area contributed by atoms with E-state index in [4.69, 9.17) is 5.73 Å². The molecular weight excluding hydrogens is 208 g/mol. The molecule has 0 atom stereocenters. The number of hydrazine groups is 1. The number of amidine groups is 1. The third-order valence-corrected chi connectivity index (χ3v) is 2.91. The highest BCUT2D eigenvalue weighted by Crippen LogP contribution is 2.22. The molecule has 1 aliphatic heterocycles. The average Bonchev–Trinajstić information content (AvgIpc) is 2.68. The number of rotatable bonds is 3. The quantitative estimate of drug-likeness (QED) is 0.845. The van der Waals surface area contributed by atoms with Crippen molar-refractivity contribution in [1.29, 1.82) is 0 Å². The fourth-order valence-corrected chi connectivity index (χ4v) is 2.10. The summed E-state index contributed by atoms with van der Waals surface area (Å²) in [5, 5.41) is 8.88. The molecule has 0 bridgehead atoms. The molecular formula is C10H14N4S. The number of nitrogens with two attached hydrogens (primary N) is 1. The summed E-state index contributed by atoms with van der Waals surface area (Å²) in [6, 6.07) is 10.2. The summed E-state index contributed by atoms with van der Waals surface area (Å²) in [4.78, 5) is 0. The normalized spacial score (nSPS) is 15.3. The monoisotopic (exact) mass is 222 g/mol. The van der Waals surface area contributed by atoms with Crippen LogP contribution in [0.3, 0.4) is 0 Å². The van der Waals surface area contributed by atoms with Crippen LogP contribution in [0.1, 0.15) is 6.92 Å². The Balaban J connectivity index is 2.18. The number of nitrogens with zero attached hydrogens (tertiary/aromatic N) is 3. The second-order valence-electron chi connectivity index (χ2n) is 3.14. The number of hydrogen-bond acceptors (Lipinski definition) is 5. The lowest BCUT2D eigenvalue weighted by atomic mass is 10.3. The minimum absolute atomic E-state index is 0.629. The van der Waals surface area contributed by atoms with Gasteiger partial charge in [0.1, 0.15) is 5.88 Å². The Morgan fingerprint density at radius 3 is 2.73 bits per heavy atom. The molecule has 0 saturated heterocycles. The van der Waals surface area contributed by atoms with Crippen LogP contribution in [-0.2, 0) is 0 Å². The van der Waals surface area contributed by atoms with E-state index in [1.807, 2.05) is 23.3 Å². The highest BCUT2D eigenvalue weighted by molar-refractivity contribution is 8.13. The first-order valence-electron chi connectivity index (χ1n) is 4.88. The maximum atomic E-state index is 5.64. The lowest BCUT2D eigenvalue weighted by Gasteiger charge is -2.30. The maximum absolute atomic E-state index is 5.64. The molecule has 1 heterocycles. The molecule has 15 heavy (non-hydrogen) atoms. The van der Waals surface area contributed by atoms with Crippen molar-refractivity contribution in [3.05, 3.63) is 30.3 Å². The van der Waals surface area contributed by atoms with Gasteiger partial charge in [0.05, 0.1) is 5.69 Å². The molecule has 0 unspecified atom stereocenters. The number of para-hydroxylation sites is 1. The van der Waals surface area contributed by atoms with Crippen molar-refractivity contribution < 1.29 is 0 Å². The third kappa shape index (κ3) is 2.18. The van der Waals surface area contributed by atoms with Gasteiger partial charge in [-0.3, -0.25) is 5.01 Å². The Morgan fingerprint density at radius 2 is 2.20 bits per heavy atom. The minimum atomic E-state index is 0.629. The minimum Gasteiger partial charge on any atom is -0.377 e. The summed E-state index contributed by atoms with van der Waals surface area (Å²) in [5.41, 5.74) is 6.78. The van der Waals surface area contributed by atoms with Crippen molar-refractivity contribution in [2.75, 3.05) is 17.4 Å². The Kier molecular flexibility index (Phi) is 3.01. The molecule has 0 saturated carbocycles. The first-order chi connectivity index (χ1) is 7.31. The molecule has 0 aliphatic carbocycles. The fourth-order valence-electron chi connectivity index (χ4n) is 1.50. The van der Waals surface area contributed by atoms with Gasteiger partial charge in [-0.1, -0.05) is 30.0 Å². The van der Waals surface area contributed by atoms with Gasteiger partial charge in [0.2, 0.25) is 0 Å². The van der Waals surface area contributed by atoms with Gasteiger partial charge in [-0.15, -0.1) is 5.10 Å². The van der Waals surface area contributed by atoms with Gasteiger partial charge in [-0.25, -0.2) is 0 Å². The molecule has 2 rings (SSSR count). The van der Waals surface area contributed by atoms with Gasteiger partial charge in [0.25, 0.3) is 0 Å². The molecule has 0 spiro atoms. The van der Waals surface area contributed by atoms with Crippen molar-refractivity contribution in [2.45, 2.75) is 6.92 Å². The second-order valence-corrected chi connectivity index (χ2v) is 4.10. The van der Waals surface area contributed by atoms with E-state index in [1.165, 1.54) is 0 Å². The second kappa shape index (κ2) is 4.44. The number of hydrazone groups is 1. The zero-order valence-electron chi connectivity index (χ0n) is 8.63. The van der Waals surface area contributed by atoms with Crippen molar-refractivity contribution in [3.63, 3.8) is 0 Å². The van der Waals surface area contributed by atoms with Gasteiger partial charge < -0.3 is 5.73 Å². The lowest BCUT2D eigenvalue weighted by molar-refractivity contribution is 0.319. The predicted molar refractivity (Wildman–Crippen MR) is 65.4 cm³/mol. The molecule has 0 aromatic heterocycles. The van der Waals surface area contributed by atoms with Crippen LogP contribution in [0.25, 0.3) is 0 Å². The number of thioether (sulfide) groups is 1. The summed E-state index contributed by atoms with van der Waals surface area (Å²) in [7, 11) is 0. The van der Waals surface area contributed by atoms with Crippen molar-refractivity contribution >= 4 is 22.6 Å². The molecule has 0 radical (unpaired) electrons. The Bertz CT molecular complexity index is 352. The molecule has 1 aromatic carbocycles. The van der Waals surface area contributed by atoms with Crippen LogP contribution in [-0.4, -0.2) is 22.7 Å². The molecule has 1 aliphatic rings. The smallest absolute Gasteiger partial charge is 0.181 e. The van der Waals surface area contributed by atoms with Gasteiger partial charge in [0, 0.05) is 6.54 Å². The van der Waals surface area contributed by atoms with Gasteiger partial charge in [-0.2, -0.15) is 5.12 Å². The number of benzene rings is 1. The van der Waals surface area contributed by atoms with Crippen molar-refractivity contribution in [2.24, 2.45) is 10.8 Å². The molecule has 1 aromatic rings. The predicted octanol–water partition coefficient (Wildman–Crippen LogP) is 1.66. The summed E-state index contributed by atoms with van der Waals surface area (Å²) in [6.07, 6.45) is 0. The van der Waals surface area contributed by atoms with E-state index in [0.29, 0.717) is 5.17 Å². The van der Waals surface area contributed by atoms with Crippen LogP contribution >= 0.6 is 11.8 Å². The first-order valence-corrected chi connectivity index (χ1v) is 5.86. The lowest BCUT2D eigenvalue weighted by Crippen LogP contribution is -2.37. The van der Waals surface area contributed by atoms with E-state index in [0.717, 1.165) is 18.1 Å². The molecule has 4 nitrogen and oxygen atoms in total. The van der Waals surface area contributed by atoms with E-state index in [1.54, 1.807) is 11.8 Å². The Labute approximate surface area is 93.7 Å². The SMILES string of the molecule is CCN(c1ccccc1)N1CSC(N)=N1. The maximum Gasteiger partial charge on any atom is 0.181 e. The molecule has 5 heteroatoms. The van der Waals surface area contributed by atoms with Crippen LogP contribution < -0.4 is 10.7 Å². The summed E-state index contributed by atoms with van der Waals surface area (Å²) < 4.78 is 0. The van der Waals surface area contributed by atoms with Crippen LogP contribution in [0.4, 0.5) is 5.69 Å². The summed E-state index contributed by atoms with van der Waals surface area (Å²) >= 11 is 1.56. The van der Waals surface area contributed by atoms with Crippen LogP contribution in [0, 0.1) is 0 Å². The van der Waals surface area contributed by atoms with Crippen molar-refractivity contribution in [1.82, 2.24) is 5.12 Å². The standard InChI is InChI=1S/C10H14N4S/c1-2-13(9-6-4-3-5-7-9)14-8-15-10(11)12-14/h3-7H,2,8H2,1H3,(H2,11,12). The van der Waals surface area contributed by atoms with Gasteiger partial charge in [0.15, 0.2) is 5.17 Å². The van der Waals surface area contributed by atoms with Crippen LogP contribution in [0.2, 0.25) is 0 Å². The van der Waals surface area contributed by atoms with Crippen LogP contribution in [0.5, 0.6) is 0 Å². The molecule has 0 amide bonds. The van der Waals surface area contributed by atoms with Crippen molar-refractivity contribution in [3.8, 4) is 0 Å². The zero-order chi connectivity index (χ0) is 10.7. The van der Waals surface area contributed by atoms with Gasteiger partial charge in [-0.05, 0) is 19.1 Å². The van der Waals surface area contributed by atoms with Gasteiger partial charge >= 0.3 is 0 Å². The largest absolute Gasteiger partial charge is 0.377 e. The zero-order valence-corrected chi connectivity index (χ0v) is 9.44. The average molecular weight is 222 g/mol. The van der Waals surface area contributed by atoms with E-state index in [9.17, 15) is 0 Å². The third-order valence-electron chi connectivity index (χ3n) is 2.17. The van der Waals surface area contributed by atoms with E-state index in [2.05, 4.69) is 29.2 Å². The molecule has 80 valence electrons. The Morgan fingerprint density at radius 1 is 1.47 bits per heavy atom. The highest BCUT2D eigenvalue weighted by Gasteiger charge is 2.18. The van der Waals surface area contributed by atoms with E-state index in [-0.39, 0.29) is 0 Å². The number of anilines is 1. The first kappa shape index (κ1) is 10.2. The van der Waals surface area contributed by atoms with Crippen LogP contribution in [0.15, 0.2) is 35.4 Å².